The first-order valence-corrected chi connectivity index (χ1v) is 8.55. The summed E-state index contributed by atoms with van der Waals surface area (Å²) in [6.45, 7) is 4.31. The fraction of sp³-hybridized carbons (Fsp3) is 0.938. The molecule has 1 amide bonds. The van der Waals surface area contributed by atoms with Crippen LogP contribution in [0.2, 0.25) is 0 Å². The minimum atomic E-state index is 0.115. The molecule has 0 unspecified atom stereocenters. The summed E-state index contributed by atoms with van der Waals surface area (Å²) in [5, 5.41) is 6.31. The molecule has 0 aromatic rings. The Morgan fingerprint density at radius 3 is 2.67 bits per heavy atom. The van der Waals surface area contributed by atoms with Gasteiger partial charge in [0.25, 0.3) is 0 Å². The second-order valence-corrected chi connectivity index (χ2v) is 6.34. The SMILES string of the molecule is CN(CCNC(=O)CCOC1CCNCC1)C1CCCC1. The topological polar surface area (TPSA) is 53.6 Å². The molecule has 0 aromatic heterocycles. The van der Waals surface area contributed by atoms with Crippen molar-refractivity contribution in [2.24, 2.45) is 0 Å². The fourth-order valence-electron chi connectivity index (χ4n) is 3.27. The Morgan fingerprint density at radius 1 is 1.24 bits per heavy atom. The number of ether oxygens (including phenoxy) is 1. The second-order valence-electron chi connectivity index (χ2n) is 6.34. The molecule has 1 aliphatic carbocycles. The number of hydrogen-bond acceptors (Lipinski definition) is 4. The van der Waals surface area contributed by atoms with Crippen LogP contribution < -0.4 is 10.6 Å². The van der Waals surface area contributed by atoms with Crippen molar-refractivity contribution in [3.63, 3.8) is 0 Å². The van der Waals surface area contributed by atoms with E-state index in [-0.39, 0.29) is 5.91 Å². The number of nitrogens with one attached hydrogen (secondary N) is 2. The van der Waals surface area contributed by atoms with Crippen LogP contribution in [0, 0.1) is 0 Å². The number of hydrogen-bond donors (Lipinski definition) is 2. The normalized spacial score (nSPS) is 21.0. The number of rotatable bonds is 8. The summed E-state index contributed by atoms with van der Waals surface area (Å²) in [6.07, 6.45) is 8.29. The zero-order valence-corrected chi connectivity index (χ0v) is 13.4. The lowest BCUT2D eigenvalue weighted by Crippen LogP contribution is -2.38. The molecule has 0 radical (unpaired) electrons. The first-order chi connectivity index (χ1) is 10.3. The Kier molecular flexibility index (Phi) is 7.47. The molecule has 122 valence electrons. The lowest BCUT2D eigenvalue weighted by Gasteiger charge is -2.24. The van der Waals surface area contributed by atoms with Gasteiger partial charge in [0.05, 0.1) is 12.7 Å². The maximum Gasteiger partial charge on any atom is 0.222 e. The molecule has 2 fully saturated rings. The van der Waals surface area contributed by atoms with Crippen LogP contribution in [0.5, 0.6) is 0 Å². The zero-order valence-electron chi connectivity index (χ0n) is 13.4. The molecule has 0 spiro atoms. The summed E-state index contributed by atoms with van der Waals surface area (Å²) in [6, 6.07) is 0.727. The second kappa shape index (κ2) is 9.38. The van der Waals surface area contributed by atoms with Gasteiger partial charge in [-0.2, -0.15) is 0 Å². The Morgan fingerprint density at radius 2 is 1.95 bits per heavy atom. The van der Waals surface area contributed by atoms with Gasteiger partial charge >= 0.3 is 0 Å². The third-order valence-corrected chi connectivity index (χ3v) is 4.70. The number of likely N-dealkylation sites (N-methyl/N-ethyl adjacent to an activating group) is 1. The molecule has 5 nitrogen and oxygen atoms in total. The highest BCUT2D eigenvalue weighted by molar-refractivity contribution is 5.75. The molecule has 5 heteroatoms. The molecule has 0 atom stereocenters. The Labute approximate surface area is 128 Å². The third-order valence-electron chi connectivity index (χ3n) is 4.70. The molecule has 1 aliphatic heterocycles. The summed E-state index contributed by atoms with van der Waals surface area (Å²) in [7, 11) is 2.17. The maximum absolute atomic E-state index is 11.8. The van der Waals surface area contributed by atoms with Crippen molar-refractivity contribution in [3.05, 3.63) is 0 Å². The molecule has 2 N–H and O–H groups in total. The van der Waals surface area contributed by atoms with E-state index in [4.69, 9.17) is 4.74 Å². The van der Waals surface area contributed by atoms with Crippen LogP contribution in [-0.4, -0.2) is 62.8 Å². The van der Waals surface area contributed by atoms with E-state index in [2.05, 4.69) is 22.6 Å². The molecule has 1 saturated heterocycles. The van der Waals surface area contributed by atoms with Crippen molar-refractivity contribution in [1.82, 2.24) is 15.5 Å². The first kappa shape index (κ1) is 16.7. The van der Waals surface area contributed by atoms with E-state index in [9.17, 15) is 4.79 Å². The number of nitrogens with zero attached hydrogens (tertiary/aromatic N) is 1. The molecule has 2 aliphatic rings. The van der Waals surface area contributed by atoms with Crippen molar-refractivity contribution >= 4 is 5.91 Å². The van der Waals surface area contributed by atoms with Crippen molar-refractivity contribution in [2.75, 3.05) is 39.8 Å². The summed E-state index contributed by atoms with van der Waals surface area (Å²) >= 11 is 0. The van der Waals surface area contributed by atoms with Gasteiger partial charge in [-0.05, 0) is 45.8 Å². The standard InChI is InChI=1S/C16H31N3O2/c1-19(14-4-2-3-5-14)12-11-18-16(20)8-13-21-15-6-9-17-10-7-15/h14-15,17H,2-13H2,1H3,(H,18,20). The summed E-state index contributed by atoms with van der Waals surface area (Å²) in [5.74, 6) is 0.115. The predicted molar refractivity (Wildman–Crippen MR) is 84.4 cm³/mol. The average molecular weight is 297 g/mol. The minimum absolute atomic E-state index is 0.115. The molecule has 1 saturated carbocycles. The highest BCUT2D eigenvalue weighted by atomic mass is 16.5. The van der Waals surface area contributed by atoms with Crippen LogP contribution in [0.4, 0.5) is 0 Å². The Balaban J connectivity index is 1.47. The number of piperidine rings is 1. The largest absolute Gasteiger partial charge is 0.378 e. The maximum atomic E-state index is 11.8. The van der Waals surface area contributed by atoms with Gasteiger partial charge in [0.2, 0.25) is 5.91 Å². The highest BCUT2D eigenvalue weighted by Gasteiger charge is 2.19. The first-order valence-electron chi connectivity index (χ1n) is 8.55. The van der Waals surface area contributed by atoms with Gasteiger partial charge in [0, 0.05) is 25.6 Å². The lowest BCUT2D eigenvalue weighted by molar-refractivity contribution is -0.122. The molecule has 0 aromatic carbocycles. The van der Waals surface area contributed by atoms with E-state index in [1.54, 1.807) is 0 Å². The monoisotopic (exact) mass is 297 g/mol. The van der Waals surface area contributed by atoms with Crippen molar-refractivity contribution < 1.29 is 9.53 Å². The van der Waals surface area contributed by atoms with Crippen LogP contribution in [0.1, 0.15) is 44.9 Å². The number of amides is 1. The quantitative estimate of drug-likeness (QED) is 0.705. The van der Waals surface area contributed by atoms with E-state index in [1.165, 1.54) is 25.7 Å². The van der Waals surface area contributed by atoms with Crippen LogP contribution in [-0.2, 0) is 9.53 Å². The Bertz CT molecular complexity index is 300. The fourth-order valence-corrected chi connectivity index (χ4v) is 3.27. The van der Waals surface area contributed by atoms with E-state index in [0.717, 1.165) is 45.1 Å². The molecular formula is C16H31N3O2. The van der Waals surface area contributed by atoms with Gasteiger partial charge in [-0.15, -0.1) is 0 Å². The molecule has 21 heavy (non-hydrogen) atoms. The molecule has 0 bridgehead atoms. The number of carbonyl (C=O) groups excluding carboxylic acids is 1. The van der Waals surface area contributed by atoms with Crippen molar-refractivity contribution in [1.29, 1.82) is 0 Å². The van der Waals surface area contributed by atoms with Gasteiger partial charge in [0.15, 0.2) is 0 Å². The smallest absolute Gasteiger partial charge is 0.222 e. The number of carbonyl (C=O) groups is 1. The van der Waals surface area contributed by atoms with Gasteiger partial charge in [-0.25, -0.2) is 0 Å². The van der Waals surface area contributed by atoms with Crippen LogP contribution >= 0.6 is 0 Å². The highest BCUT2D eigenvalue weighted by Crippen LogP contribution is 2.21. The Hall–Kier alpha value is -0.650. The molecule has 2 rings (SSSR count). The molecular weight excluding hydrogens is 266 g/mol. The predicted octanol–water partition coefficient (Wildman–Crippen LogP) is 1.14. The van der Waals surface area contributed by atoms with Gasteiger partial charge < -0.3 is 20.3 Å². The summed E-state index contributed by atoms with van der Waals surface area (Å²) < 4.78 is 5.75. The summed E-state index contributed by atoms with van der Waals surface area (Å²) in [4.78, 5) is 14.2. The minimum Gasteiger partial charge on any atom is -0.378 e. The van der Waals surface area contributed by atoms with Gasteiger partial charge in [0.1, 0.15) is 0 Å². The summed E-state index contributed by atoms with van der Waals surface area (Å²) in [5.41, 5.74) is 0. The van der Waals surface area contributed by atoms with E-state index < -0.39 is 0 Å². The van der Waals surface area contributed by atoms with Crippen LogP contribution in [0.15, 0.2) is 0 Å². The molecule has 1 heterocycles. The van der Waals surface area contributed by atoms with E-state index in [1.807, 2.05) is 0 Å². The van der Waals surface area contributed by atoms with E-state index in [0.29, 0.717) is 19.1 Å². The van der Waals surface area contributed by atoms with Gasteiger partial charge in [-0.3, -0.25) is 4.79 Å². The lowest BCUT2D eigenvalue weighted by atomic mass is 10.1. The van der Waals surface area contributed by atoms with Crippen molar-refractivity contribution in [3.8, 4) is 0 Å². The zero-order chi connectivity index (χ0) is 14.9. The van der Waals surface area contributed by atoms with E-state index >= 15 is 0 Å². The van der Waals surface area contributed by atoms with Crippen LogP contribution in [0.25, 0.3) is 0 Å². The van der Waals surface area contributed by atoms with Crippen molar-refractivity contribution in [2.45, 2.75) is 57.1 Å². The van der Waals surface area contributed by atoms with Gasteiger partial charge in [-0.1, -0.05) is 12.8 Å². The van der Waals surface area contributed by atoms with Crippen LogP contribution in [0.3, 0.4) is 0 Å². The third kappa shape index (κ3) is 6.32. The average Bonchev–Trinajstić information content (AvgIpc) is 3.02.